The van der Waals surface area contributed by atoms with Crippen LogP contribution in [0, 0.1) is 0 Å². The van der Waals surface area contributed by atoms with Crippen LogP contribution in [0.3, 0.4) is 0 Å². The van der Waals surface area contributed by atoms with E-state index in [1.54, 1.807) is 0 Å². The van der Waals surface area contributed by atoms with Crippen molar-refractivity contribution in [1.29, 1.82) is 0 Å². The number of likely N-dealkylation sites (tertiary alicyclic amines) is 2. The summed E-state index contributed by atoms with van der Waals surface area (Å²) in [5.41, 5.74) is 7.49. The third-order valence-electron chi connectivity index (χ3n) is 5.06. The fourth-order valence-electron chi connectivity index (χ4n) is 3.69. The first-order valence-electron chi connectivity index (χ1n) is 8.58. The first kappa shape index (κ1) is 21.1. The van der Waals surface area contributed by atoms with Gasteiger partial charge in [0.15, 0.2) is 0 Å². The van der Waals surface area contributed by atoms with Crippen LogP contribution in [0.15, 0.2) is 24.3 Å². The summed E-state index contributed by atoms with van der Waals surface area (Å²) < 4.78 is 0. The maximum Gasteiger partial charge on any atom is 0.226 e. The third kappa shape index (κ3) is 5.54. The Labute approximate surface area is 157 Å². The molecule has 3 rings (SSSR count). The SMILES string of the molecule is Cl.Cl.Nc1ccc(CC(=O)N2CCC(N3CCCCC3)CC2)cc1. The molecule has 0 radical (unpaired) electrons. The molecule has 1 aromatic carbocycles. The molecule has 2 fully saturated rings. The summed E-state index contributed by atoms with van der Waals surface area (Å²) in [7, 11) is 0. The number of amides is 1. The van der Waals surface area contributed by atoms with Crippen LogP contribution in [-0.4, -0.2) is 47.9 Å². The third-order valence-corrected chi connectivity index (χ3v) is 5.06. The van der Waals surface area contributed by atoms with Crippen molar-refractivity contribution >= 4 is 36.4 Å². The lowest BCUT2D eigenvalue weighted by Crippen LogP contribution is -2.48. The molecule has 2 aliphatic rings. The summed E-state index contributed by atoms with van der Waals surface area (Å²) in [6.07, 6.45) is 6.83. The molecule has 6 heteroatoms. The first-order valence-corrected chi connectivity index (χ1v) is 8.58. The number of hydrogen-bond donors (Lipinski definition) is 1. The molecule has 0 bridgehead atoms. The second-order valence-corrected chi connectivity index (χ2v) is 6.63. The van der Waals surface area contributed by atoms with Gasteiger partial charge in [0.25, 0.3) is 0 Å². The van der Waals surface area contributed by atoms with Crippen molar-refractivity contribution in [3.63, 3.8) is 0 Å². The normalized spacial score (nSPS) is 19.2. The molecule has 2 saturated heterocycles. The summed E-state index contributed by atoms with van der Waals surface area (Å²) in [6.45, 7) is 4.33. The molecule has 0 saturated carbocycles. The summed E-state index contributed by atoms with van der Waals surface area (Å²) in [6, 6.07) is 8.33. The largest absolute Gasteiger partial charge is 0.399 e. The molecule has 0 atom stereocenters. The molecule has 4 nitrogen and oxygen atoms in total. The molecule has 2 heterocycles. The molecule has 2 N–H and O–H groups in total. The van der Waals surface area contributed by atoms with Crippen LogP contribution in [-0.2, 0) is 11.2 Å². The highest BCUT2D eigenvalue weighted by Crippen LogP contribution is 2.21. The van der Waals surface area contributed by atoms with Crippen LogP contribution in [0.5, 0.6) is 0 Å². The maximum atomic E-state index is 12.4. The number of halogens is 2. The minimum absolute atomic E-state index is 0. The lowest BCUT2D eigenvalue weighted by atomic mass is 9.99. The number of carbonyl (C=O) groups excluding carboxylic acids is 1. The quantitative estimate of drug-likeness (QED) is 0.827. The second kappa shape index (κ2) is 10.1. The summed E-state index contributed by atoms with van der Waals surface area (Å²) >= 11 is 0. The van der Waals surface area contributed by atoms with Gasteiger partial charge in [0, 0.05) is 24.8 Å². The van der Waals surface area contributed by atoms with Crippen molar-refractivity contribution in [2.24, 2.45) is 0 Å². The van der Waals surface area contributed by atoms with E-state index in [1.165, 1.54) is 32.4 Å². The van der Waals surface area contributed by atoms with E-state index in [4.69, 9.17) is 5.73 Å². The number of benzene rings is 1. The zero-order valence-corrected chi connectivity index (χ0v) is 15.8. The van der Waals surface area contributed by atoms with Gasteiger partial charge in [-0.3, -0.25) is 4.79 Å². The topological polar surface area (TPSA) is 49.6 Å². The average Bonchev–Trinajstić information content (AvgIpc) is 2.58. The van der Waals surface area contributed by atoms with Gasteiger partial charge in [0.05, 0.1) is 6.42 Å². The van der Waals surface area contributed by atoms with Gasteiger partial charge in [-0.05, 0) is 56.5 Å². The first-order chi connectivity index (χ1) is 10.7. The zero-order valence-electron chi connectivity index (χ0n) is 14.2. The molecule has 1 aromatic rings. The van der Waals surface area contributed by atoms with Crippen molar-refractivity contribution in [2.45, 2.75) is 44.6 Å². The minimum atomic E-state index is 0. The van der Waals surface area contributed by atoms with Crippen LogP contribution < -0.4 is 5.73 Å². The van der Waals surface area contributed by atoms with E-state index in [-0.39, 0.29) is 30.7 Å². The minimum Gasteiger partial charge on any atom is -0.399 e. The molecular formula is C18H29Cl2N3O. The highest BCUT2D eigenvalue weighted by atomic mass is 35.5. The molecule has 2 aliphatic heterocycles. The van der Waals surface area contributed by atoms with Gasteiger partial charge in [-0.2, -0.15) is 0 Å². The lowest BCUT2D eigenvalue weighted by Gasteiger charge is -2.40. The van der Waals surface area contributed by atoms with Crippen molar-refractivity contribution in [3.05, 3.63) is 29.8 Å². The Morgan fingerprint density at radius 2 is 1.54 bits per heavy atom. The molecule has 1 amide bonds. The summed E-state index contributed by atoms with van der Waals surface area (Å²) in [5, 5.41) is 0. The van der Waals surface area contributed by atoms with E-state index in [9.17, 15) is 4.79 Å². The van der Waals surface area contributed by atoms with Crippen LogP contribution in [0.25, 0.3) is 0 Å². The number of nitrogens with zero attached hydrogens (tertiary/aromatic N) is 2. The van der Waals surface area contributed by atoms with Gasteiger partial charge in [0.2, 0.25) is 5.91 Å². The van der Waals surface area contributed by atoms with Crippen molar-refractivity contribution in [1.82, 2.24) is 9.80 Å². The predicted molar refractivity (Wildman–Crippen MR) is 104 cm³/mol. The van der Waals surface area contributed by atoms with E-state index < -0.39 is 0 Å². The van der Waals surface area contributed by atoms with Gasteiger partial charge < -0.3 is 15.5 Å². The van der Waals surface area contributed by atoms with E-state index in [0.717, 1.165) is 37.2 Å². The molecule has 0 spiro atoms. The van der Waals surface area contributed by atoms with Crippen molar-refractivity contribution in [3.8, 4) is 0 Å². The Hall–Kier alpha value is -0.970. The highest BCUT2D eigenvalue weighted by molar-refractivity contribution is 5.85. The van der Waals surface area contributed by atoms with Gasteiger partial charge in [-0.15, -0.1) is 24.8 Å². The van der Waals surface area contributed by atoms with E-state index in [2.05, 4.69) is 4.90 Å². The standard InChI is InChI=1S/C18H27N3O.2ClH/c19-16-6-4-15(5-7-16)14-18(22)21-12-8-17(9-13-21)20-10-2-1-3-11-20;;/h4-7,17H,1-3,8-14,19H2;2*1H. The van der Waals surface area contributed by atoms with Crippen LogP contribution in [0.2, 0.25) is 0 Å². The smallest absolute Gasteiger partial charge is 0.226 e. The highest BCUT2D eigenvalue weighted by Gasteiger charge is 2.27. The van der Waals surface area contributed by atoms with Crippen LogP contribution >= 0.6 is 24.8 Å². The maximum absolute atomic E-state index is 12.4. The Morgan fingerprint density at radius 3 is 2.12 bits per heavy atom. The van der Waals surface area contributed by atoms with Crippen molar-refractivity contribution < 1.29 is 4.79 Å². The molecule has 0 aromatic heterocycles. The van der Waals surface area contributed by atoms with Gasteiger partial charge in [-0.25, -0.2) is 0 Å². The van der Waals surface area contributed by atoms with Gasteiger partial charge in [-0.1, -0.05) is 18.6 Å². The van der Waals surface area contributed by atoms with Gasteiger partial charge >= 0.3 is 0 Å². The number of anilines is 1. The van der Waals surface area contributed by atoms with Gasteiger partial charge in [0.1, 0.15) is 0 Å². The number of rotatable bonds is 3. The number of piperidine rings is 2. The Morgan fingerprint density at radius 1 is 0.958 bits per heavy atom. The molecule has 0 unspecified atom stereocenters. The van der Waals surface area contributed by atoms with E-state index >= 15 is 0 Å². The molecule has 24 heavy (non-hydrogen) atoms. The van der Waals surface area contributed by atoms with Crippen LogP contribution in [0.4, 0.5) is 5.69 Å². The Bertz CT molecular complexity index is 495. The number of hydrogen-bond acceptors (Lipinski definition) is 3. The monoisotopic (exact) mass is 373 g/mol. The lowest BCUT2D eigenvalue weighted by molar-refractivity contribution is -0.132. The predicted octanol–water partition coefficient (Wildman–Crippen LogP) is 3.13. The fraction of sp³-hybridized carbons (Fsp3) is 0.611. The summed E-state index contributed by atoms with van der Waals surface area (Å²) in [5.74, 6) is 0.252. The zero-order chi connectivity index (χ0) is 15.4. The average molecular weight is 374 g/mol. The van der Waals surface area contributed by atoms with Crippen LogP contribution in [0.1, 0.15) is 37.7 Å². The second-order valence-electron chi connectivity index (χ2n) is 6.63. The number of nitrogen functional groups attached to an aromatic ring is 1. The number of carbonyl (C=O) groups is 1. The summed E-state index contributed by atoms with van der Waals surface area (Å²) in [4.78, 5) is 17.1. The Kier molecular flexibility index (Phi) is 8.88. The van der Waals surface area contributed by atoms with Crippen molar-refractivity contribution in [2.75, 3.05) is 31.9 Å². The van der Waals surface area contributed by atoms with E-state index in [1.807, 2.05) is 29.2 Å². The number of nitrogens with two attached hydrogens (primary N) is 1. The fourth-order valence-corrected chi connectivity index (χ4v) is 3.69. The molecule has 136 valence electrons. The van der Waals surface area contributed by atoms with E-state index in [0.29, 0.717) is 12.5 Å². The molecule has 0 aliphatic carbocycles. The Balaban J connectivity index is 0.00000144. The molecular weight excluding hydrogens is 345 g/mol.